The number of carbonyl (C=O) groups excluding carboxylic acids is 2. The lowest BCUT2D eigenvalue weighted by atomic mass is 10.0. The standard InChI is InChI=1S/C21H25FN6O2S2/c1-11(2)17(25-19(30)14-8-6-7-9-15(14)22)18-26-27-21(28(18)5)31-10-16(29)24-20-23-12(3)13(4)32-20/h6-9,11,17H,10H2,1-5H3,(H,25,30)(H,23,24,29)/t17-/m0/s1. The lowest BCUT2D eigenvalue weighted by molar-refractivity contribution is -0.113. The van der Waals surface area contributed by atoms with Gasteiger partial charge in [-0.1, -0.05) is 37.7 Å². The number of aryl methyl sites for hydroxylation is 2. The van der Waals surface area contributed by atoms with Gasteiger partial charge in [-0.3, -0.25) is 9.59 Å². The average molecular weight is 477 g/mol. The van der Waals surface area contributed by atoms with Gasteiger partial charge in [0.25, 0.3) is 5.91 Å². The first kappa shape index (κ1) is 23.9. The van der Waals surface area contributed by atoms with Crippen LogP contribution < -0.4 is 10.6 Å². The molecule has 2 aromatic heterocycles. The Kier molecular flexibility index (Phi) is 7.62. The SMILES string of the molecule is Cc1nc(NC(=O)CSc2nnc([C@@H](NC(=O)c3ccccc3F)C(C)C)n2C)sc1C. The molecule has 3 rings (SSSR count). The van der Waals surface area contributed by atoms with E-state index in [1.165, 1.54) is 41.3 Å². The molecule has 1 aromatic carbocycles. The van der Waals surface area contributed by atoms with Crippen LogP contribution in [0.5, 0.6) is 0 Å². The minimum absolute atomic E-state index is 0.0221. The van der Waals surface area contributed by atoms with Crippen LogP contribution in [0.2, 0.25) is 0 Å². The summed E-state index contributed by atoms with van der Waals surface area (Å²) in [6.45, 7) is 7.71. The Bertz CT molecular complexity index is 1110. The van der Waals surface area contributed by atoms with E-state index in [4.69, 9.17) is 0 Å². The maximum Gasteiger partial charge on any atom is 0.254 e. The Morgan fingerprint density at radius 2 is 1.94 bits per heavy atom. The molecule has 0 saturated heterocycles. The molecule has 0 aliphatic carbocycles. The van der Waals surface area contributed by atoms with Gasteiger partial charge in [-0.05, 0) is 31.9 Å². The number of hydrogen-bond donors (Lipinski definition) is 2. The van der Waals surface area contributed by atoms with E-state index in [0.29, 0.717) is 16.1 Å². The van der Waals surface area contributed by atoms with Crippen molar-refractivity contribution < 1.29 is 14.0 Å². The van der Waals surface area contributed by atoms with E-state index in [1.54, 1.807) is 17.7 Å². The summed E-state index contributed by atoms with van der Waals surface area (Å²) in [5, 5.41) is 15.1. The van der Waals surface area contributed by atoms with Crippen LogP contribution in [-0.2, 0) is 11.8 Å². The number of halogens is 1. The molecule has 0 aliphatic heterocycles. The van der Waals surface area contributed by atoms with Crippen molar-refractivity contribution in [1.29, 1.82) is 0 Å². The number of hydrogen-bond acceptors (Lipinski definition) is 7. The fourth-order valence-electron chi connectivity index (χ4n) is 2.93. The first-order chi connectivity index (χ1) is 15.2. The molecule has 2 N–H and O–H groups in total. The Morgan fingerprint density at radius 3 is 2.56 bits per heavy atom. The first-order valence-corrected chi connectivity index (χ1v) is 11.8. The Hall–Kier alpha value is -2.79. The van der Waals surface area contributed by atoms with E-state index in [1.807, 2.05) is 27.7 Å². The van der Waals surface area contributed by atoms with Crippen molar-refractivity contribution in [3.63, 3.8) is 0 Å². The number of rotatable bonds is 8. The molecular weight excluding hydrogens is 451 g/mol. The third-order valence-corrected chi connectivity index (χ3v) is 6.83. The number of carbonyl (C=O) groups is 2. The molecule has 0 bridgehead atoms. The van der Waals surface area contributed by atoms with E-state index in [0.717, 1.165) is 10.6 Å². The number of thiazole rings is 1. The molecule has 3 aromatic rings. The van der Waals surface area contributed by atoms with Gasteiger partial charge in [0.15, 0.2) is 16.1 Å². The second-order valence-electron chi connectivity index (χ2n) is 7.57. The summed E-state index contributed by atoms with van der Waals surface area (Å²) < 4.78 is 15.7. The molecule has 0 fully saturated rings. The van der Waals surface area contributed by atoms with Crippen LogP contribution in [-0.4, -0.2) is 37.3 Å². The third-order valence-electron chi connectivity index (χ3n) is 4.83. The molecule has 32 heavy (non-hydrogen) atoms. The van der Waals surface area contributed by atoms with Gasteiger partial charge in [-0.2, -0.15) is 0 Å². The number of anilines is 1. The topological polar surface area (TPSA) is 102 Å². The molecule has 170 valence electrons. The normalized spacial score (nSPS) is 12.1. The molecule has 0 spiro atoms. The molecule has 0 unspecified atom stereocenters. The average Bonchev–Trinajstić information content (AvgIpc) is 3.25. The highest BCUT2D eigenvalue weighted by atomic mass is 32.2. The van der Waals surface area contributed by atoms with Gasteiger partial charge in [-0.15, -0.1) is 21.5 Å². The van der Waals surface area contributed by atoms with Gasteiger partial charge < -0.3 is 15.2 Å². The number of aromatic nitrogens is 4. The Labute approximate surface area is 194 Å². The second-order valence-corrected chi connectivity index (χ2v) is 9.72. The predicted molar refractivity (Wildman–Crippen MR) is 123 cm³/mol. The minimum atomic E-state index is -0.585. The molecular formula is C21H25FN6O2S2. The zero-order valence-corrected chi connectivity index (χ0v) is 20.1. The highest BCUT2D eigenvalue weighted by Gasteiger charge is 2.26. The van der Waals surface area contributed by atoms with Crippen molar-refractivity contribution in [1.82, 2.24) is 25.1 Å². The molecule has 0 radical (unpaired) electrons. The van der Waals surface area contributed by atoms with Crippen LogP contribution in [0.1, 0.15) is 46.6 Å². The van der Waals surface area contributed by atoms with E-state index in [2.05, 4.69) is 25.8 Å². The predicted octanol–water partition coefficient (Wildman–Crippen LogP) is 3.89. The molecule has 0 saturated carbocycles. The lowest BCUT2D eigenvalue weighted by Gasteiger charge is -2.21. The van der Waals surface area contributed by atoms with Crippen molar-refractivity contribution in [2.24, 2.45) is 13.0 Å². The van der Waals surface area contributed by atoms with Gasteiger partial charge in [-0.25, -0.2) is 9.37 Å². The van der Waals surface area contributed by atoms with E-state index < -0.39 is 17.8 Å². The van der Waals surface area contributed by atoms with Crippen molar-refractivity contribution in [2.45, 2.75) is 38.9 Å². The van der Waals surface area contributed by atoms with Crippen LogP contribution in [0.25, 0.3) is 0 Å². The van der Waals surface area contributed by atoms with Gasteiger partial charge in [0.1, 0.15) is 5.82 Å². The summed E-state index contributed by atoms with van der Waals surface area (Å²) in [5.74, 6) is -0.658. The Morgan fingerprint density at radius 1 is 1.22 bits per heavy atom. The van der Waals surface area contributed by atoms with Crippen LogP contribution in [0.15, 0.2) is 29.4 Å². The smallest absolute Gasteiger partial charge is 0.254 e. The summed E-state index contributed by atoms with van der Waals surface area (Å²) in [7, 11) is 1.77. The summed E-state index contributed by atoms with van der Waals surface area (Å²) in [5.41, 5.74) is 0.868. The fourth-order valence-corrected chi connectivity index (χ4v) is 4.48. The van der Waals surface area contributed by atoms with Crippen molar-refractivity contribution in [3.05, 3.63) is 52.0 Å². The molecule has 2 heterocycles. The van der Waals surface area contributed by atoms with Gasteiger partial charge in [0.2, 0.25) is 5.91 Å². The minimum Gasteiger partial charge on any atom is -0.342 e. The van der Waals surface area contributed by atoms with Crippen LogP contribution in [0, 0.1) is 25.6 Å². The van der Waals surface area contributed by atoms with Crippen molar-refractivity contribution >= 4 is 40.0 Å². The molecule has 1 atom stereocenters. The molecule has 2 amide bonds. The quantitative estimate of drug-likeness (QED) is 0.479. The van der Waals surface area contributed by atoms with Crippen molar-refractivity contribution in [3.8, 4) is 0 Å². The lowest BCUT2D eigenvalue weighted by Crippen LogP contribution is -2.34. The summed E-state index contributed by atoms with van der Waals surface area (Å²) in [6.07, 6.45) is 0. The summed E-state index contributed by atoms with van der Waals surface area (Å²) >= 11 is 2.67. The van der Waals surface area contributed by atoms with E-state index in [9.17, 15) is 14.0 Å². The molecule has 0 aliphatic rings. The van der Waals surface area contributed by atoms with Crippen LogP contribution in [0.3, 0.4) is 0 Å². The monoisotopic (exact) mass is 476 g/mol. The third kappa shape index (κ3) is 5.52. The number of nitrogens with zero attached hydrogens (tertiary/aromatic N) is 4. The number of thioether (sulfide) groups is 1. The maximum absolute atomic E-state index is 14.0. The fraction of sp³-hybridized carbons (Fsp3) is 0.381. The largest absolute Gasteiger partial charge is 0.342 e. The van der Waals surface area contributed by atoms with Crippen LogP contribution in [0.4, 0.5) is 9.52 Å². The number of benzene rings is 1. The zero-order valence-electron chi connectivity index (χ0n) is 18.5. The second kappa shape index (κ2) is 10.2. The summed E-state index contributed by atoms with van der Waals surface area (Å²) in [4.78, 5) is 30.3. The zero-order chi connectivity index (χ0) is 23.4. The van der Waals surface area contributed by atoms with E-state index in [-0.39, 0.29) is 23.1 Å². The highest BCUT2D eigenvalue weighted by Crippen LogP contribution is 2.25. The number of amides is 2. The van der Waals surface area contributed by atoms with Gasteiger partial charge >= 0.3 is 0 Å². The van der Waals surface area contributed by atoms with Crippen molar-refractivity contribution in [2.75, 3.05) is 11.1 Å². The highest BCUT2D eigenvalue weighted by molar-refractivity contribution is 7.99. The maximum atomic E-state index is 14.0. The van der Waals surface area contributed by atoms with Gasteiger partial charge in [0.05, 0.1) is 23.1 Å². The summed E-state index contributed by atoms with van der Waals surface area (Å²) in [6, 6.07) is 5.34. The van der Waals surface area contributed by atoms with Crippen LogP contribution >= 0.6 is 23.1 Å². The first-order valence-electron chi connectivity index (χ1n) is 9.98. The Balaban J connectivity index is 1.67. The number of nitrogens with one attached hydrogen (secondary N) is 2. The molecule has 11 heteroatoms. The molecule has 8 nitrogen and oxygen atoms in total. The van der Waals surface area contributed by atoms with Gasteiger partial charge in [0, 0.05) is 11.9 Å². The van der Waals surface area contributed by atoms with E-state index >= 15 is 0 Å².